The van der Waals surface area contributed by atoms with E-state index >= 15 is 0 Å². The van der Waals surface area contributed by atoms with Gasteiger partial charge in [0.15, 0.2) is 31.5 Å². The van der Waals surface area contributed by atoms with E-state index in [2.05, 4.69) is 41.5 Å². The molecule has 6 saturated heterocycles. The normalized spacial score (nSPS) is 58.2. The summed E-state index contributed by atoms with van der Waals surface area (Å²) in [5.74, 6) is 0.451. The Labute approximate surface area is 489 Å². The fourth-order valence-electron chi connectivity index (χ4n) is 18.9. The minimum absolute atomic E-state index is 0.0911. The van der Waals surface area contributed by atoms with Crippen LogP contribution in [-0.4, -0.2) is 275 Å². The van der Waals surface area contributed by atoms with Gasteiger partial charge in [-0.15, -0.1) is 0 Å². The number of aliphatic hydroxyl groups is 15. The van der Waals surface area contributed by atoms with Crippen LogP contribution in [-0.2, 0) is 52.1 Å². The van der Waals surface area contributed by atoms with Crippen LogP contribution in [0.2, 0.25) is 0 Å². The number of ether oxygens (including phenoxy) is 11. The van der Waals surface area contributed by atoms with Crippen LogP contribution in [0.25, 0.3) is 0 Å². The molecule has 1 spiro atoms. The zero-order valence-electron chi connectivity index (χ0n) is 49.2. The summed E-state index contributed by atoms with van der Waals surface area (Å²) in [6.07, 6.45) is -32.8. The van der Waals surface area contributed by atoms with E-state index in [-0.39, 0.29) is 51.4 Å². The summed E-state index contributed by atoms with van der Waals surface area (Å²) < 4.78 is 69.0. The van der Waals surface area contributed by atoms with Gasteiger partial charge >= 0.3 is 0 Å². The highest BCUT2D eigenvalue weighted by Gasteiger charge is 2.80. The molecule has 34 atom stereocenters. The second-order valence-corrected chi connectivity index (χ2v) is 28.8. The van der Waals surface area contributed by atoms with Gasteiger partial charge in [0, 0.05) is 17.4 Å². The van der Waals surface area contributed by atoms with Gasteiger partial charge < -0.3 is 129 Å². The van der Waals surface area contributed by atoms with Gasteiger partial charge in [0.2, 0.25) is 0 Å². The Hall–Kier alpha value is -1.04. The summed E-state index contributed by atoms with van der Waals surface area (Å²) in [5, 5.41) is 165. The Bertz CT molecular complexity index is 2290. The molecular weight excluding hydrogens is 1110 g/mol. The predicted octanol–water partition coefficient (Wildman–Crippen LogP) is -3.25. The molecule has 6 aliphatic heterocycles. The maximum atomic E-state index is 12.7. The van der Waals surface area contributed by atoms with E-state index in [1.807, 2.05) is 0 Å². The molecule has 84 heavy (non-hydrogen) atoms. The molecule has 5 aliphatic carbocycles. The van der Waals surface area contributed by atoms with Gasteiger partial charge in [0.05, 0.1) is 56.9 Å². The summed E-state index contributed by atoms with van der Waals surface area (Å²) in [6.45, 7) is 13.0. The summed E-state index contributed by atoms with van der Waals surface area (Å²) in [4.78, 5) is 0. The quantitative estimate of drug-likeness (QED) is 0.0806. The van der Waals surface area contributed by atoms with E-state index in [0.717, 1.165) is 51.4 Å². The molecule has 15 N–H and O–H groups in total. The summed E-state index contributed by atoms with van der Waals surface area (Å²) in [6, 6.07) is 0. The molecular formula is C58H96O26. The number of rotatable bonds is 13. The fraction of sp³-hybridized carbons (Fsp3) is 1.00. The molecule has 26 nitrogen and oxygen atoms in total. The van der Waals surface area contributed by atoms with E-state index in [0.29, 0.717) is 19.4 Å². The lowest BCUT2D eigenvalue weighted by molar-refractivity contribution is -0.404. The molecule has 0 aromatic rings. The first-order chi connectivity index (χ1) is 39.5. The van der Waals surface area contributed by atoms with Crippen molar-refractivity contribution in [2.24, 2.45) is 50.2 Å². The third kappa shape index (κ3) is 9.96. The van der Waals surface area contributed by atoms with Crippen molar-refractivity contribution in [1.29, 1.82) is 0 Å². The lowest BCUT2D eigenvalue weighted by atomic mass is 9.30. The zero-order valence-corrected chi connectivity index (χ0v) is 49.2. The van der Waals surface area contributed by atoms with Crippen LogP contribution in [0.4, 0.5) is 0 Å². The van der Waals surface area contributed by atoms with Crippen LogP contribution >= 0.6 is 0 Å². The van der Waals surface area contributed by atoms with Crippen LogP contribution in [0.5, 0.6) is 0 Å². The summed E-state index contributed by atoms with van der Waals surface area (Å²) in [5.41, 5.74) is -2.39. The minimum Gasteiger partial charge on any atom is -0.396 e. The third-order valence-electron chi connectivity index (χ3n) is 24.2. The van der Waals surface area contributed by atoms with Crippen molar-refractivity contribution in [3.05, 3.63) is 0 Å². The average Bonchev–Trinajstić information content (AvgIpc) is 1.93. The van der Waals surface area contributed by atoms with Crippen LogP contribution in [0.3, 0.4) is 0 Å². The molecule has 26 heteroatoms. The van der Waals surface area contributed by atoms with Crippen molar-refractivity contribution in [1.82, 2.24) is 0 Å². The first kappa shape index (κ1) is 64.5. The van der Waals surface area contributed by atoms with Gasteiger partial charge in [-0.25, -0.2) is 0 Å². The first-order valence-electron chi connectivity index (χ1n) is 30.6. The van der Waals surface area contributed by atoms with E-state index in [9.17, 15) is 76.6 Å². The number of hydrogen-bond acceptors (Lipinski definition) is 26. The Balaban J connectivity index is 0.866. The number of fused-ring (bicyclic) bond motifs is 4. The van der Waals surface area contributed by atoms with Gasteiger partial charge in [0.1, 0.15) is 104 Å². The van der Waals surface area contributed by atoms with Crippen LogP contribution in [0.15, 0.2) is 0 Å². The zero-order chi connectivity index (χ0) is 60.8. The molecule has 6 heterocycles. The SMILES string of the molecule is C[C@@H]1O[C@@H](O[C@H]2[C@H](O)[C@@H](CO)O[C@@H](O[C@H]3CO[C@@H](O[C@H]4CC[C@]5(C)[C@H]6CC[C@]78OC[C@@]9(CC[C@](C)(CO)C[C@H]97)[C@H](O)C[C@@]8(C)[C@]6(C)CC[C@H]5C4(C)C)[C@H](O[C@@H]4O[C@H](CO)[C@@H](O)[C@H](O)[C@H]4O)[C@H]3O)[C@@H]2O[C@@H]2OC[C@@H](O)[C@H](O)[C@H]2O)[C@H](O)[C@H](O)[C@H]1O. The summed E-state index contributed by atoms with van der Waals surface area (Å²) >= 11 is 0. The topological polar surface area (TPSA) is 405 Å². The third-order valence-corrected chi connectivity index (χ3v) is 24.2. The van der Waals surface area contributed by atoms with E-state index in [4.69, 9.17) is 52.1 Å². The smallest absolute Gasteiger partial charge is 0.187 e. The lowest BCUT2D eigenvalue weighted by Crippen LogP contribution is -2.74. The molecule has 0 unspecified atom stereocenters. The Morgan fingerprint density at radius 1 is 0.476 bits per heavy atom. The van der Waals surface area contributed by atoms with Crippen LogP contribution < -0.4 is 0 Å². The highest BCUT2D eigenvalue weighted by Crippen LogP contribution is 2.80. The molecule has 2 bridgehead atoms. The molecule has 0 aromatic carbocycles. The molecule has 11 fully saturated rings. The maximum absolute atomic E-state index is 12.7. The van der Waals surface area contributed by atoms with E-state index < -0.39 is 191 Å². The van der Waals surface area contributed by atoms with Crippen LogP contribution in [0.1, 0.15) is 113 Å². The summed E-state index contributed by atoms with van der Waals surface area (Å²) in [7, 11) is 0. The van der Waals surface area contributed by atoms with Gasteiger partial charge in [-0.3, -0.25) is 0 Å². The Kier molecular flexibility index (Phi) is 17.9. The largest absolute Gasteiger partial charge is 0.396 e. The number of hydrogen-bond donors (Lipinski definition) is 15. The molecule has 0 radical (unpaired) electrons. The van der Waals surface area contributed by atoms with Crippen molar-refractivity contribution in [3.8, 4) is 0 Å². The highest BCUT2D eigenvalue weighted by atomic mass is 16.8. The van der Waals surface area contributed by atoms with E-state index in [1.54, 1.807) is 0 Å². The predicted molar refractivity (Wildman–Crippen MR) is 283 cm³/mol. The fourth-order valence-corrected chi connectivity index (χ4v) is 18.9. The Morgan fingerprint density at radius 3 is 1.77 bits per heavy atom. The first-order valence-corrected chi connectivity index (χ1v) is 30.6. The standard InChI is InChI=1S/C58H96O26/c1-24-34(64)39(69)42(72)48(77-24)82-44-37(67)27(19-60)79-51(46(44)84-47-41(71)35(65)25(62)20-74-47)80-28-21-75-50(45(38(28)68)83-49-43(73)40(70)36(66)26(18-59)78-49)81-33-10-11-54(5)29(52(33,2)3)8-12-55(6)30(54)9-13-58-31-16-53(4,22-61)14-15-57(31,23-76-58)32(63)17-56(55,58)7/h24-51,59-73H,8-23H2,1-7H3/t24-,25+,26+,27+,28-,29-,30+,31+,32+,33-,34-,35-,36+,37+,38-,39+,40-,41+,42+,43+,44-,45+,46+,47-,48-,49-,50-,51-,53-,54-,55+,56-,57+,58-/m0/s1. The van der Waals surface area contributed by atoms with Gasteiger partial charge in [-0.05, 0) is 111 Å². The van der Waals surface area contributed by atoms with Crippen molar-refractivity contribution in [2.45, 2.75) is 272 Å². The van der Waals surface area contributed by atoms with Crippen molar-refractivity contribution >= 4 is 0 Å². The average molecular weight is 1210 g/mol. The molecule has 0 aromatic heterocycles. The lowest BCUT2D eigenvalue weighted by Gasteiger charge is -2.75. The number of aliphatic hydroxyl groups excluding tert-OH is 15. The Morgan fingerprint density at radius 2 is 1.08 bits per heavy atom. The van der Waals surface area contributed by atoms with E-state index in [1.165, 1.54) is 6.92 Å². The maximum Gasteiger partial charge on any atom is 0.187 e. The van der Waals surface area contributed by atoms with Gasteiger partial charge in [0.25, 0.3) is 0 Å². The second kappa shape index (κ2) is 23.3. The van der Waals surface area contributed by atoms with Crippen molar-refractivity contribution < 1.29 is 129 Å². The molecule has 484 valence electrons. The second-order valence-electron chi connectivity index (χ2n) is 28.8. The molecule has 11 rings (SSSR count). The van der Waals surface area contributed by atoms with Gasteiger partial charge in [-0.1, -0.05) is 41.5 Å². The minimum atomic E-state index is -1.94. The highest BCUT2D eigenvalue weighted by molar-refractivity contribution is 5.28. The van der Waals surface area contributed by atoms with Gasteiger partial charge in [-0.2, -0.15) is 0 Å². The van der Waals surface area contributed by atoms with Crippen LogP contribution in [0, 0.1) is 50.2 Å². The molecule has 11 aliphatic rings. The van der Waals surface area contributed by atoms with Crippen molar-refractivity contribution in [2.75, 3.05) is 39.6 Å². The molecule has 0 amide bonds. The molecule has 5 saturated carbocycles. The van der Waals surface area contributed by atoms with Crippen molar-refractivity contribution in [3.63, 3.8) is 0 Å². The monoisotopic (exact) mass is 1210 g/mol.